The molecule has 2 fully saturated rings. The van der Waals surface area contributed by atoms with Crippen molar-refractivity contribution in [3.8, 4) is 5.75 Å². The number of carbonyl (C=O) groups excluding carboxylic acids is 2. The third-order valence-corrected chi connectivity index (χ3v) is 4.95. The monoisotopic (exact) mass is 316 g/mol. The molecule has 0 bridgehead atoms. The fraction of sp³-hybridized carbons (Fsp3) is 0.556. The van der Waals surface area contributed by atoms with E-state index >= 15 is 0 Å². The van der Waals surface area contributed by atoms with Gasteiger partial charge in [0, 0.05) is 26.1 Å². The van der Waals surface area contributed by atoms with E-state index < -0.39 is 0 Å². The summed E-state index contributed by atoms with van der Waals surface area (Å²) in [6.45, 7) is 4.31. The first-order valence-electron chi connectivity index (χ1n) is 8.32. The molecule has 5 heteroatoms. The van der Waals surface area contributed by atoms with Gasteiger partial charge >= 0.3 is 0 Å². The molecule has 0 spiro atoms. The molecule has 2 heterocycles. The topological polar surface area (TPSA) is 49.9 Å². The number of rotatable bonds is 3. The zero-order valence-electron chi connectivity index (χ0n) is 13.8. The Balaban J connectivity index is 1.71. The molecule has 0 aliphatic carbocycles. The van der Waals surface area contributed by atoms with Gasteiger partial charge < -0.3 is 14.5 Å². The van der Waals surface area contributed by atoms with Gasteiger partial charge in [0.15, 0.2) is 0 Å². The molecule has 2 aliphatic rings. The highest BCUT2D eigenvalue weighted by Gasteiger charge is 2.38. The molecule has 124 valence electrons. The maximum atomic E-state index is 12.7. The summed E-state index contributed by atoms with van der Waals surface area (Å²) in [5, 5.41) is 0. The van der Waals surface area contributed by atoms with Crippen LogP contribution in [0.3, 0.4) is 0 Å². The van der Waals surface area contributed by atoms with Crippen molar-refractivity contribution in [2.75, 3.05) is 31.6 Å². The molecule has 0 saturated carbocycles. The summed E-state index contributed by atoms with van der Waals surface area (Å²) in [6, 6.07) is 7.46. The third kappa shape index (κ3) is 3.19. The minimum absolute atomic E-state index is 0.00164. The van der Waals surface area contributed by atoms with Crippen LogP contribution in [0.5, 0.6) is 5.75 Å². The Kier molecular flexibility index (Phi) is 4.55. The van der Waals surface area contributed by atoms with E-state index in [4.69, 9.17) is 4.74 Å². The summed E-state index contributed by atoms with van der Waals surface area (Å²) >= 11 is 0. The molecule has 23 heavy (non-hydrogen) atoms. The maximum Gasteiger partial charge on any atom is 0.228 e. The van der Waals surface area contributed by atoms with E-state index in [0.29, 0.717) is 24.6 Å². The molecule has 2 amide bonds. The van der Waals surface area contributed by atoms with Crippen LogP contribution in [0.25, 0.3) is 0 Å². The maximum absolute atomic E-state index is 12.7. The van der Waals surface area contributed by atoms with Gasteiger partial charge in [-0.3, -0.25) is 9.59 Å². The van der Waals surface area contributed by atoms with Crippen LogP contribution in [0.4, 0.5) is 5.69 Å². The molecule has 0 aromatic heterocycles. The number of methoxy groups -OCH3 is 1. The Labute approximate surface area is 137 Å². The average Bonchev–Trinajstić information content (AvgIpc) is 2.96. The summed E-state index contributed by atoms with van der Waals surface area (Å²) in [4.78, 5) is 28.7. The lowest BCUT2D eigenvalue weighted by atomic mass is 9.97. The van der Waals surface area contributed by atoms with Crippen molar-refractivity contribution in [1.29, 1.82) is 0 Å². The van der Waals surface area contributed by atoms with Crippen LogP contribution in [0.2, 0.25) is 0 Å². The van der Waals surface area contributed by atoms with E-state index in [1.807, 2.05) is 29.2 Å². The summed E-state index contributed by atoms with van der Waals surface area (Å²) in [7, 11) is 1.59. The number of para-hydroxylation sites is 2. The van der Waals surface area contributed by atoms with Crippen molar-refractivity contribution >= 4 is 17.5 Å². The molecule has 1 aromatic rings. The zero-order valence-corrected chi connectivity index (χ0v) is 13.8. The second-order valence-corrected chi connectivity index (χ2v) is 6.59. The summed E-state index contributed by atoms with van der Waals surface area (Å²) in [5.74, 6) is 1.25. The molecular weight excluding hydrogens is 292 g/mol. The van der Waals surface area contributed by atoms with E-state index in [-0.39, 0.29) is 17.7 Å². The van der Waals surface area contributed by atoms with Gasteiger partial charge in [-0.2, -0.15) is 0 Å². The second kappa shape index (κ2) is 6.60. The number of carbonyl (C=O) groups is 2. The quantitative estimate of drug-likeness (QED) is 0.860. The Morgan fingerprint density at radius 1 is 1.22 bits per heavy atom. The van der Waals surface area contributed by atoms with E-state index in [0.717, 1.165) is 31.6 Å². The summed E-state index contributed by atoms with van der Waals surface area (Å²) in [5.41, 5.74) is 0.752. The largest absolute Gasteiger partial charge is 0.495 e. The number of likely N-dealkylation sites (tertiary alicyclic amines) is 1. The van der Waals surface area contributed by atoms with Gasteiger partial charge in [0.25, 0.3) is 0 Å². The number of anilines is 1. The Morgan fingerprint density at radius 3 is 2.61 bits per heavy atom. The van der Waals surface area contributed by atoms with E-state index in [2.05, 4.69) is 6.92 Å². The fourth-order valence-corrected chi connectivity index (χ4v) is 3.45. The first-order valence-corrected chi connectivity index (χ1v) is 8.32. The predicted octanol–water partition coefficient (Wildman–Crippen LogP) is 2.31. The molecule has 0 N–H and O–H groups in total. The predicted molar refractivity (Wildman–Crippen MR) is 88.4 cm³/mol. The second-order valence-electron chi connectivity index (χ2n) is 6.59. The number of ether oxygens (including phenoxy) is 1. The van der Waals surface area contributed by atoms with Gasteiger partial charge in [0.05, 0.1) is 18.7 Å². The molecule has 2 saturated heterocycles. The Morgan fingerprint density at radius 2 is 1.91 bits per heavy atom. The van der Waals surface area contributed by atoms with Gasteiger partial charge in [-0.1, -0.05) is 19.1 Å². The number of benzene rings is 1. The molecule has 5 nitrogen and oxygen atoms in total. The molecule has 0 radical (unpaired) electrons. The van der Waals surface area contributed by atoms with Gasteiger partial charge in [0.1, 0.15) is 5.75 Å². The summed E-state index contributed by atoms with van der Waals surface area (Å²) in [6.07, 6.45) is 2.41. The average molecular weight is 316 g/mol. The zero-order chi connectivity index (χ0) is 16.4. The highest BCUT2D eigenvalue weighted by molar-refractivity contribution is 6.01. The van der Waals surface area contributed by atoms with Crippen molar-refractivity contribution in [3.05, 3.63) is 24.3 Å². The van der Waals surface area contributed by atoms with Crippen LogP contribution in [-0.4, -0.2) is 43.5 Å². The molecule has 2 aliphatic heterocycles. The van der Waals surface area contributed by atoms with E-state index in [1.54, 1.807) is 12.0 Å². The highest BCUT2D eigenvalue weighted by Crippen LogP contribution is 2.33. The van der Waals surface area contributed by atoms with Crippen LogP contribution in [0.15, 0.2) is 24.3 Å². The van der Waals surface area contributed by atoms with Crippen LogP contribution >= 0.6 is 0 Å². The van der Waals surface area contributed by atoms with Crippen molar-refractivity contribution in [3.63, 3.8) is 0 Å². The number of hydrogen-bond donors (Lipinski definition) is 0. The lowest BCUT2D eigenvalue weighted by molar-refractivity contribution is -0.137. The first-order chi connectivity index (χ1) is 11.1. The lowest BCUT2D eigenvalue weighted by Crippen LogP contribution is -2.42. The van der Waals surface area contributed by atoms with Crippen LogP contribution in [0.1, 0.15) is 26.2 Å². The third-order valence-electron chi connectivity index (χ3n) is 4.95. The van der Waals surface area contributed by atoms with Crippen molar-refractivity contribution < 1.29 is 14.3 Å². The minimum Gasteiger partial charge on any atom is -0.495 e. The number of amides is 2. The van der Waals surface area contributed by atoms with Gasteiger partial charge in [-0.05, 0) is 30.9 Å². The Hall–Kier alpha value is -2.04. The Bertz CT molecular complexity index is 594. The smallest absolute Gasteiger partial charge is 0.228 e. The number of nitrogens with zero attached hydrogens (tertiary/aromatic N) is 2. The lowest BCUT2D eigenvalue weighted by Gasteiger charge is -2.32. The van der Waals surface area contributed by atoms with Gasteiger partial charge in [-0.25, -0.2) is 0 Å². The van der Waals surface area contributed by atoms with E-state index in [9.17, 15) is 9.59 Å². The SMILES string of the molecule is COc1ccccc1N1CC(C(=O)N2CCC(C)CC2)CC1=O. The van der Waals surface area contributed by atoms with Gasteiger partial charge in [0.2, 0.25) is 11.8 Å². The van der Waals surface area contributed by atoms with Crippen LogP contribution < -0.4 is 9.64 Å². The minimum atomic E-state index is -0.235. The highest BCUT2D eigenvalue weighted by atomic mass is 16.5. The molecule has 1 atom stereocenters. The number of hydrogen-bond acceptors (Lipinski definition) is 3. The molecule has 3 rings (SSSR count). The van der Waals surface area contributed by atoms with Crippen molar-refractivity contribution in [1.82, 2.24) is 4.90 Å². The molecule has 1 unspecified atom stereocenters. The van der Waals surface area contributed by atoms with Crippen LogP contribution in [-0.2, 0) is 9.59 Å². The van der Waals surface area contributed by atoms with Crippen molar-refractivity contribution in [2.45, 2.75) is 26.2 Å². The van der Waals surface area contributed by atoms with Crippen LogP contribution in [0, 0.1) is 11.8 Å². The number of piperidine rings is 1. The van der Waals surface area contributed by atoms with Crippen molar-refractivity contribution in [2.24, 2.45) is 11.8 Å². The van der Waals surface area contributed by atoms with E-state index in [1.165, 1.54) is 0 Å². The molecular formula is C18H24N2O3. The first kappa shape index (κ1) is 15.8. The molecule has 1 aromatic carbocycles. The van der Waals surface area contributed by atoms with Gasteiger partial charge in [-0.15, -0.1) is 0 Å². The standard InChI is InChI=1S/C18H24N2O3/c1-13-7-9-19(10-8-13)18(22)14-11-17(21)20(12-14)15-5-3-4-6-16(15)23-2/h3-6,13-14H,7-12H2,1-2H3. The normalized spacial score (nSPS) is 22.5. The summed E-state index contributed by atoms with van der Waals surface area (Å²) < 4.78 is 5.34. The fourth-order valence-electron chi connectivity index (χ4n) is 3.45.